The third kappa shape index (κ3) is 8.97. The molecule has 1 aromatic carbocycles. The number of carbonyl (C=O) groups is 3. The molecule has 202 valence electrons. The van der Waals surface area contributed by atoms with Gasteiger partial charge in [-0.1, -0.05) is 43.3 Å². The Bertz CT molecular complexity index is 1040. The molecule has 3 unspecified atom stereocenters. The lowest BCUT2D eigenvalue weighted by Gasteiger charge is -2.27. The molecule has 0 bridgehead atoms. The summed E-state index contributed by atoms with van der Waals surface area (Å²) >= 11 is 0. The van der Waals surface area contributed by atoms with Gasteiger partial charge >= 0.3 is 5.97 Å². The standard InChI is InChI=1S/C29H41N3O5/c1-7-12-19(2)21(4)30-22(5)20(3)18-37-29(36)25-15-11-16-32(25)28(35)23(6)31-27(34)26(33)17-24-13-9-8-10-14-24/h8-10,12-14,23,25-26,33H,7,11,15-18H2,1-6H3,(H,31,34)/b19-12+,22-20+,30-21+. The lowest BCUT2D eigenvalue weighted by molar-refractivity contribution is -0.153. The molecule has 37 heavy (non-hydrogen) atoms. The summed E-state index contributed by atoms with van der Waals surface area (Å²) in [5.74, 6) is -1.47. The molecule has 0 aliphatic carbocycles. The fraction of sp³-hybridized carbons (Fsp3) is 0.517. The summed E-state index contributed by atoms with van der Waals surface area (Å²) in [6, 6.07) is 7.58. The van der Waals surface area contributed by atoms with E-state index in [0.29, 0.717) is 19.4 Å². The summed E-state index contributed by atoms with van der Waals surface area (Å²) in [5, 5.41) is 12.8. The number of hydrogen-bond donors (Lipinski definition) is 2. The minimum absolute atomic E-state index is 0.0918. The maximum atomic E-state index is 13.1. The number of esters is 1. The molecule has 2 rings (SSSR count). The number of carbonyl (C=O) groups excluding carboxylic acids is 3. The highest BCUT2D eigenvalue weighted by atomic mass is 16.5. The summed E-state index contributed by atoms with van der Waals surface area (Å²) in [5.41, 5.74) is 4.47. The Balaban J connectivity index is 1.94. The van der Waals surface area contributed by atoms with Crippen LogP contribution in [-0.4, -0.2) is 64.8 Å². The largest absolute Gasteiger partial charge is 0.460 e. The molecule has 1 aromatic rings. The number of aliphatic imine (C=N–C) groups is 1. The Hall–Kier alpha value is -3.26. The summed E-state index contributed by atoms with van der Waals surface area (Å²) in [4.78, 5) is 44.4. The van der Waals surface area contributed by atoms with E-state index in [1.807, 2.05) is 58.0 Å². The van der Waals surface area contributed by atoms with E-state index < -0.39 is 30.1 Å². The predicted molar refractivity (Wildman–Crippen MR) is 145 cm³/mol. The zero-order valence-corrected chi connectivity index (χ0v) is 22.9. The molecular weight excluding hydrogens is 470 g/mol. The van der Waals surface area contributed by atoms with Gasteiger partial charge in [-0.2, -0.15) is 0 Å². The van der Waals surface area contributed by atoms with E-state index in [9.17, 15) is 19.5 Å². The predicted octanol–water partition coefficient (Wildman–Crippen LogP) is 3.74. The van der Waals surface area contributed by atoms with Crippen LogP contribution in [0, 0.1) is 0 Å². The number of allylic oxidation sites excluding steroid dienone is 3. The van der Waals surface area contributed by atoms with E-state index in [0.717, 1.165) is 34.5 Å². The van der Waals surface area contributed by atoms with Crippen molar-refractivity contribution in [2.75, 3.05) is 13.2 Å². The van der Waals surface area contributed by atoms with Crippen LogP contribution in [0.1, 0.15) is 66.4 Å². The van der Waals surface area contributed by atoms with Crippen molar-refractivity contribution < 1.29 is 24.2 Å². The second kappa shape index (κ2) is 14.5. The van der Waals surface area contributed by atoms with Crippen LogP contribution in [0.25, 0.3) is 0 Å². The normalized spacial score (nSPS) is 18.7. The molecule has 1 saturated heterocycles. The molecule has 1 aliphatic rings. The van der Waals surface area contributed by atoms with Gasteiger partial charge in [0.2, 0.25) is 11.8 Å². The van der Waals surface area contributed by atoms with Crippen LogP contribution in [0.3, 0.4) is 0 Å². The highest BCUT2D eigenvalue weighted by Gasteiger charge is 2.37. The van der Waals surface area contributed by atoms with Crippen LogP contribution in [0.5, 0.6) is 0 Å². The van der Waals surface area contributed by atoms with E-state index in [4.69, 9.17) is 4.74 Å². The SMILES string of the molecule is CC/C=C(C)/C(C)=N/C(C)=C(\C)COC(=O)C1CCCN1C(=O)C(C)NC(=O)C(O)Cc1ccccc1. The molecule has 0 spiro atoms. The van der Waals surface area contributed by atoms with Crippen molar-refractivity contribution in [1.82, 2.24) is 10.2 Å². The quantitative estimate of drug-likeness (QED) is 0.348. The molecule has 0 aromatic heterocycles. The number of hydrogen-bond acceptors (Lipinski definition) is 6. The number of benzene rings is 1. The van der Waals surface area contributed by atoms with Crippen LogP contribution >= 0.6 is 0 Å². The molecule has 1 aliphatic heterocycles. The van der Waals surface area contributed by atoms with Gasteiger partial charge in [-0.05, 0) is 70.6 Å². The van der Waals surface area contributed by atoms with E-state index in [1.165, 1.54) is 4.90 Å². The second-order valence-corrected chi connectivity index (χ2v) is 9.59. The summed E-state index contributed by atoms with van der Waals surface area (Å²) in [7, 11) is 0. The molecule has 0 saturated carbocycles. The van der Waals surface area contributed by atoms with Gasteiger partial charge in [-0.25, -0.2) is 4.79 Å². The van der Waals surface area contributed by atoms with Crippen molar-refractivity contribution in [3.8, 4) is 0 Å². The third-order valence-electron chi connectivity index (χ3n) is 6.58. The first-order valence-electron chi connectivity index (χ1n) is 12.9. The number of amides is 2. The smallest absolute Gasteiger partial charge is 0.329 e. The van der Waals surface area contributed by atoms with Gasteiger partial charge in [0.1, 0.15) is 24.8 Å². The maximum Gasteiger partial charge on any atom is 0.329 e. The van der Waals surface area contributed by atoms with Crippen LogP contribution in [0.4, 0.5) is 0 Å². The van der Waals surface area contributed by atoms with Crippen LogP contribution in [-0.2, 0) is 25.5 Å². The number of rotatable bonds is 11. The number of likely N-dealkylation sites (tertiary alicyclic amines) is 1. The Morgan fingerprint density at radius 2 is 1.86 bits per heavy atom. The topological polar surface area (TPSA) is 108 Å². The lowest BCUT2D eigenvalue weighted by Crippen LogP contribution is -2.52. The summed E-state index contributed by atoms with van der Waals surface area (Å²) < 4.78 is 5.54. The monoisotopic (exact) mass is 511 g/mol. The van der Waals surface area contributed by atoms with Crippen molar-refractivity contribution in [2.24, 2.45) is 4.99 Å². The van der Waals surface area contributed by atoms with E-state index >= 15 is 0 Å². The van der Waals surface area contributed by atoms with E-state index in [1.54, 1.807) is 6.92 Å². The average molecular weight is 512 g/mol. The van der Waals surface area contributed by atoms with Crippen molar-refractivity contribution >= 4 is 23.5 Å². The van der Waals surface area contributed by atoms with Gasteiger partial charge in [-0.15, -0.1) is 0 Å². The highest BCUT2D eigenvalue weighted by molar-refractivity contribution is 5.98. The van der Waals surface area contributed by atoms with Gasteiger partial charge in [-0.3, -0.25) is 14.6 Å². The van der Waals surface area contributed by atoms with E-state index in [-0.39, 0.29) is 18.9 Å². The van der Waals surface area contributed by atoms with Crippen LogP contribution < -0.4 is 5.32 Å². The molecule has 2 N–H and O–H groups in total. The fourth-order valence-corrected chi connectivity index (χ4v) is 4.09. The molecule has 2 amide bonds. The van der Waals surface area contributed by atoms with Gasteiger partial charge in [0.25, 0.3) is 0 Å². The molecule has 0 radical (unpaired) electrons. The van der Waals surface area contributed by atoms with Crippen LogP contribution in [0.2, 0.25) is 0 Å². The number of nitrogens with one attached hydrogen (secondary N) is 1. The fourth-order valence-electron chi connectivity index (χ4n) is 4.09. The van der Waals surface area contributed by atoms with Gasteiger partial charge in [0, 0.05) is 24.4 Å². The van der Waals surface area contributed by atoms with Crippen molar-refractivity contribution in [1.29, 1.82) is 0 Å². The number of aliphatic hydroxyl groups excluding tert-OH is 1. The number of nitrogens with zero attached hydrogens (tertiary/aromatic N) is 2. The first-order chi connectivity index (χ1) is 17.5. The van der Waals surface area contributed by atoms with Crippen molar-refractivity contribution in [3.63, 3.8) is 0 Å². The first kappa shape index (κ1) is 30.0. The lowest BCUT2D eigenvalue weighted by atomic mass is 10.1. The Kier molecular flexibility index (Phi) is 11.7. The molecule has 8 heteroatoms. The molecule has 8 nitrogen and oxygen atoms in total. The summed E-state index contributed by atoms with van der Waals surface area (Å²) in [6.45, 7) is 11.9. The molecule has 1 heterocycles. The average Bonchev–Trinajstić information content (AvgIpc) is 3.37. The highest BCUT2D eigenvalue weighted by Crippen LogP contribution is 2.20. The number of ether oxygens (including phenoxy) is 1. The van der Waals surface area contributed by atoms with Crippen LogP contribution in [0.15, 0.2) is 58.2 Å². The zero-order chi connectivity index (χ0) is 27.5. The summed E-state index contributed by atoms with van der Waals surface area (Å²) in [6.07, 6.45) is 3.09. The second-order valence-electron chi connectivity index (χ2n) is 9.59. The Morgan fingerprint density at radius 1 is 1.19 bits per heavy atom. The van der Waals surface area contributed by atoms with Crippen molar-refractivity contribution in [3.05, 3.63) is 58.8 Å². The van der Waals surface area contributed by atoms with Crippen molar-refractivity contribution in [2.45, 2.75) is 85.4 Å². The Morgan fingerprint density at radius 3 is 2.51 bits per heavy atom. The van der Waals surface area contributed by atoms with Gasteiger partial charge in [0.05, 0.1) is 0 Å². The minimum atomic E-state index is -1.28. The maximum absolute atomic E-state index is 13.1. The first-order valence-corrected chi connectivity index (χ1v) is 12.9. The molecular formula is C29H41N3O5. The molecule has 1 fully saturated rings. The van der Waals surface area contributed by atoms with Gasteiger partial charge in [0.15, 0.2) is 0 Å². The Labute approximate surface area is 220 Å². The minimum Gasteiger partial charge on any atom is -0.460 e. The molecule has 3 atom stereocenters. The van der Waals surface area contributed by atoms with E-state index in [2.05, 4.69) is 23.3 Å². The van der Waals surface area contributed by atoms with Gasteiger partial charge < -0.3 is 20.1 Å². The zero-order valence-electron chi connectivity index (χ0n) is 22.9. The third-order valence-corrected chi connectivity index (χ3v) is 6.58. The number of aliphatic hydroxyl groups is 1.